The van der Waals surface area contributed by atoms with E-state index in [4.69, 9.17) is 5.11 Å². The molecular formula is C14H17NO4. The fourth-order valence-electron chi connectivity index (χ4n) is 1.74. The summed E-state index contributed by atoms with van der Waals surface area (Å²) in [5.41, 5.74) is 0.888. The molecule has 1 aromatic carbocycles. The third-order valence-electron chi connectivity index (χ3n) is 2.75. The summed E-state index contributed by atoms with van der Waals surface area (Å²) in [5.74, 6) is -3.28. The minimum Gasteiger partial charge on any atom is -0.481 e. The van der Waals surface area contributed by atoms with E-state index in [9.17, 15) is 14.4 Å². The summed E-state index contributed by atoms with van der Waals surface area (Å²) in [6.07, 6.45) is 0. The Morgan fingerprint density at radius 1 is 1.21 bits per heavy atom. The smallest absolute Gasteiger partial charge is 0.316 e. The highest BCUT2D eigenvalue weighted by Crippen LogP contribution is 2.16. The molecule has 0 radical (unpaired) electrons. The molecule has 19 heavy (non-hydrogen) atoms. The van der Waals surface area contributed by atoms with Gasteiger partial charge in [0.25, 0.3) is 0 Å². The highest BCUT2D eigenvalue weighted by molar-refractivity contribution is 6.05. The number of nitrogens with one attached hydrogen (secondary N) is 1. The number of benzene rings is 1. The van der Waals surface area contributed by atoms with Crippen LogP contribution in [0, 0.1) is 11.8 Å². The van der Waals surface area contributed by atoms with Crippen molar-refractivity contribution in [3.8, 4) is 0 Å². The number of aliphatic carboxylic acids is 1. The van der Waals surface area contributed by atoms with Crippen LogP contribution in [0.1, 0.15) is 31.1 Å². The largest absolute Gasteiger partial charge is 0.481 e. The molecular weight excluding hydrogens is 246 g/mol. The van der Waals surface area contributed by atoms with Crippen LogP contribution >= 0.6 is 0 Å². The lowest BCUT2D eigenvalue weighted by molar-refractivity contribution is -0.147. The molecule has 0 aliphatic carbocycles. The summed E-state index contributed by atoms with van der Waals surface area (Å²) in [7, 11) is 0. The van der Waals surface area contributed by atoms with Crippen LogP contribution in [0.15, 0.2) is 24.3 Å². The molecule has 0 saturated carbocycles. The fourth-order valence-corrected chi connectivity index (χ4v) is 1.74. The molecule has 0 fully saturated rings. The minimum absolute atomic E-state index is 0.116. The minimum atomic E-state index is -1.16. The summed E-state index contributed by atoms with van der Waals surface area (Å²) >= 11 is 0. The predicted octanol–water partition coefficient (Wildman–Crippen LogP) is 2.18. The van der Waals surface area contributed by atoms with Gasteiger partial charge in [-0.25, -0.2) is 0 Å². The number of anilines is 1. The topological polar surface area (TPSA) is 83.5 Å². The summed E-state index contributed by atoms with van der Waals surface area (Å²) in [6, 6.07) is 6.41. The quantitative estimate of drug-likeness (QED) is 0.630. The number of ketones is 1. The van der Waals surface area contributed by atoms with Crippen molar-refractivity contribution in [2.45, 2.75) is 20.8 Å². The van der Waals surface area contributed by atoms with Crippen molar-refractivity contribution in [2.75, 3.05) is 5.32 Å². The van der Waals surface area contributed by atoms with Crippen LogP contribution in [-0.2, 0) is 9.59 Å². The monoisotopic (exact) mass is 263 g/mol. The van der Waals surface area contributed by atoms with Crippen molar-refractivity contribution in [1.82, 2.24) is 0 Å². The molecule has 0 bridgehead atoms. The number of hydrogen-bond acceptors (Lipinski definition) is 3. The highest BCUT2D eigenvalue weighted by Gasteiger charge is 2.29. The Morgan fingerprint density at radius 2 is 1.84 bits per heavy atom. The van der Waals surface area contributed by atoms with Gasteiger partial charge in [-0.1, -0.05) is 26.0 Å². The van der Waals surface area contributed by atoms with Crippen molar-refractivity contribution < 1.29 is 19.5 Å². The Bertz CT molecular complexity index is 508. The van der Waals surface area contributed by atoms with E-state index in [1.165, 1.54) is 13.0 Å². The second-order valence-electron chi connectivity index (χ2n) is 4.69. The van der Waals surface area contributed by atoms with E-state index in [1.54, 1.807) is 32.0 Å². The van der Waals surface area contributed by atoms with Crippen molar-refractivity contribution in [2.24, 2.45) is 11.8 Å². The molecule has 102 valence electrons. The Morgan fingerprint density at radius 3 is 2.32 bits per heavy atom. The van der Waals surface area contributed by atoms with Gasteiger partial charge in [0.05, 0.1) is 0 Å². The summed E-state index contributed by atoms with van der Waals surface area (Å²) in [5, 5.41) is 11.5. The molecule has 0 spiro atoms. The standard InChI is InChI=1S/C14H17NO4/c1-8(2)12(14(18)19)13(17)15-11-6-4-5-10(7-11)9(3)16/h4-8,12H,1-3H3,(H,15,17)(H,18,19). The van der Waals surface area contributed by atoms with E-state index in [0.29, 0.717) is 11.3 Å². The van der Waals surface area contributed by atoms with Crippen molar-refractivity contribution >= 4 is 23.3 Å². The highest BCUT2D eigenvalue weighted by atomic mass is 16.4. The molecule has 0 aliphatic heterocycles. The summed E-state index contributed by atoms with van der Waals surface area (Å²) in [4.78, 5) is 34.2. The van der Waals surface area contributed by atoms with E-state index in [-0.39, 0.29) is 11.7 Å². The SMILES string of the molecule is CC(=O)c1cccc(NC(=O)C(C(=O)O)C(C)C)c1. The molecule has 1 unspecified atom stereocenters. The van der Waals surface area contributed by atoms with Gasteiger partial charge in [0.15, 0.2) is 5.78 Å². The van der Waals surface area contributed by atoms with Crippen molar-refractivity contribution in [3.63, 3.8) is 0 Å². The number of carbonyl (C=O) groups excluding carboxylic acids is 2. The molecule has 0 saturated heterocycles. The van der Waals surface area contributed by atoms with Crippen LogP contribution in [0.5, 0.6) is 0 Å². The molecule has 0 aromatic heterocycles. The maximum atomic E-state index is 11.9. The second-order valence-corrected chi connectivity index (χ2v) is 4.69. The maximum Gasteiger partial charge on any atom is 0.316 e. The zero-order chi connectivity index (χ0) is 14.6. The number of carboxylic acids is 1. The number of carboxylic acid groups (broad SMARTS) is 1. The van der Waals surface area contributed by atoms with Crippen molar-refractivity contribution in [1.29, 1.82) is 0 Å². The summed E-state index contributed by atoms with van der Waals surface area (Å²) in [6.45, 7) is 4.77. The van der Waals surface area contributed by atoms with Gasteiger partial charge in [0.2, 0.25) is 5.91 Å². The number of carbonyl (C=O) groups is 3. The molecule has 1 aromatic rings. The normalized spacial score (nSPS) is 12.0. The fraction of sp³-hybridized carbons (Fsp3) is 0.357. The molecule has 5 nitrogen and oxygen atoms in total. The lowest BCUT2D eigenvalue weighted by Crippen LogP contribution is -2.33. The number of rotatable bonds is 5. The maximum absolute atomic E-state index is 11.9. The Hall–Kier alpha value is -2.17. The van der Waals surface area contributed by atoms with Crippen LogP contribution in [0.3, 0.4) is 0 Å². The van der Waals surface area contributed by atoms with Gasteiger partial charge in [-0.2, -0.15) is 0 Å². The zero-order valence-electron chi connectivity index (χ0n) is 11.1. The molecule has 1 atom stereocenters. The molecule has 5 heteroatoms. The van der Waals surface area contributed by atoms with Gasteiger partial charge < -0.3 is 10.4 Å². The van der Waals surface area contributed by atoms with E-state index in [2.05, 4.69) is 5.32 Å². The van der Waals surface area contributed by atoms with E-state index < -0.39 is 17.8 Å². The second kappa shape index (κ2) is 6.13. The lowest BCUT2D eigenvalue weighted by Gasteiger charge is -2.16. The molecule has 0 aliphatic rings. The zero-order valence-corrected chi connectivity index (χ0v) is 11.1. The summed E-state index contributed by atoms with van der Waals surface area (Å²) < 4.78 is 0. The van der Waals surface area contributed by atoms with Crippen LogP contribution < -0.4 is 5.32 Å². The Kier molecular flexibility index (Phi) is 4.80. The van der Waals surface area contributed by atoms with Crippen LogP contribution in [0.4, 0.5) is 5.69 Å². The Labute approximate surface area is 111 Å². The molecule has 2 N–H and O–H groups in total. The number of Topliss-reactive ketones (excluding diaryl/α,β-unsaturated/α-hetero) is 1. The first-order chi connectivity index (χ1) is 8.82. The molecule has 1 rings (SSSR count). The third kappa shape index (κ3) is 3.91. The third-order valence-corrected chi connectivity index (χ3v) is 2.75. The van der Waals surface area contributed by atoms with Gasteiger partial charge in [0, 0.05) is 11.3 Å². The first-order valence-electron chi connectivity index (χ1n) is 5.97. The molecule has 1 amide bonds. The Balaban J connectivity index is 2.90. The predicted molar refractivity (Wildman–Crippen MR) is 71.0 cm³/mol. The van der Waals surface area contributed by atoms with Gasteiger partial charge in [-0.15, -0.1) is 0 Å². The number of hydrogen-bond donors (Lipinski definition) is 2. The van der Waals surface area contributed by atoms with Crippen LogP contribution in [0.2, 0.25) is 0 Å². The van der Waals surface area contributed by atoms with Crippen LogP contribution in [0.25, 0.3) is 0 Å². The van der Waals surface area contributed by atoms with Crippen LogP contribution in [-0.4, -0.2) is 22.8 Å². The van der Waals surface area contributed by atoms with Gasteiger partial charge in [-0.05, 0) is 25.0 Å². The number of amides is 1. The van der Waals surface area contributed by atoms with E-state index in [0.717, 1.165) is 0 Å². The average Bonchev–Trinajstić information content (AvgIpc) is 2.27. The van der Waals surface area contributed by atoms with Gasteiger partial charge in [0.1, 0.15) is 5.92 Å². The van der Waals surface area contributed by atoms with Crippen molar-refractivity contribution in [3.05, 3.63) is 29.8 Å². The van der Waals surface area contributed by atoms with E-state index in [1.807, 2.05) is 0 Å². The average molecular weight is 263 g/mol. The van der Waals surface area contributed by atoms with Gasteiger partial charge in [-0.3, -0.25) is 14.4 Å². The first-order valence-corrected chi connectivity index (χ1v) is 5.97. The first kappa shape index (κ1) is 14.9. The van der Waals surface area contributed by atoms with E-state index >= 15 is 0 Å². The lowest BCUT2D eigenvalue weighted by atomic mass is 9.95. The molecule has 0 heterocycles. The van der Waals surface area contributed by atoms with Gasteiger partial charge >= 0.3 is 5.97 Å².